The summed E-state index contributed by atoms with van der Waals surface area (Å²) in [6.07, 6.45) is 1.45. The monoisotopic (exact) mass is 296 g/mol. The molecule has 0 bridgehead atoms. The van der Waals surface area contributed by atoms with Crippen molar-refractivity contribution in [3.8, 4) is 16.8 Å². The molecule has 0 spiro atoms. The van der Waals surface area contributed by atoms with Crippen LogP contribution in [0.25, 0.3) is 16.8 Å². The van der Waals surface area contributed by atoms with Crippen LogP contribution in [0.2, 0.25) is 0 Å². The number of hydrogen-bond acceptors (Lipinski definition) is 3. The molecule has 0 fully saturated rings. The van der Waals surface area contributed by atoms with Gasteiger partial charge in [0, 0.05) is 5.56 Å². The molecule has 1 heterocycles. The second-order valence-electron chi connectivity index (χ2n) is 4.75. The van der Waals surface area contributed by atoms with Gasteiger partial charge in [0.05, 0.1) is 18.1 Å². The third-order valence-electron chi connectivity index (χ3n) is 3.33. The number of halogens is 1. The number of alkyl halides is 1. The lowest BCUT2D eigenvalue weighted by atomic mass is 9.96. The van der Waals surface area contributed by atoms with E-state index in [0.717, 1.165) is 11.3 Å². The van der Waals surface area contributed by atoms with Crippen LogP contribution < -0.4 is 5.73 Å². The lowest BCUT2D eigenvalue weighted by molar-refractivity contribution is -0.122. The van der Waals surface area contributed by atoms with Crippen LogP contribution in [0.4, 0.5) is 4.39 Å². The Bertz CT molecular complexity index is 801. The first kappa shape index (κ1) is 13.9. The Kier molecular flexibility index (Phi) is 3.65. The number of primary amides is 1. The largest absolute Gasteiger partial charge is 0.367 e. The van der Waals surface area contributed by atoms with Gasteiger partial charge in [0.1, 0.15) is 0 Å². The molecule has 1 unspecified atom stereocenters. The molecule has 0 saturated carbocycles. The summed E-state index contributed by atoms with van der Waals surface area (Å²) in [6.45, 7) is 0. The molecule has 0 aliphatic rings. The molecule has 0 aliphatic heterocycles. The van der Waals surface area contributed by atoms with Gasteiger partial charge in [-0.05, 0) is 23.3 Å². The molecule has 6 heteroatoms. The molecule has 0 saturated heterocycles. The summed E-state index contributed by atoms with van der Waals surface area (Å²) in [5.41, 5.74) is 7.52. The number of benzene rings is 2. The Morgan fingerprint density at radius 1 is 1.18 bits per heavy atom. The van der Waals surface area contributed by atoms with E-state index >= 15 is 0 Å². The van der Waals surface area contributed by atoms with Crippen LogP contribution in [0.15, 0.2) is 60.9 Å². The molecule has 1 amide bonds. The van der Waals surface area contributed by atoms with Crippen LogP contribution in [-0.2, 0) is 4.79 Å². The second-order valence-corrected chi connectivity index (χ2v) is 4.75. The highest BCUT2D eigenvalue weighted by Crippen LogP contribution is 2.31. The summed E-state index contributed by atoms with van der Waals surface area (Å²) in [7, 11) is 0. The van der Waals surface area contributed by atoms with E-state index < -0.39 is 12.1 Å². The zero-order valence-electron chi connectivity index (χ0n) is 11.6. The summed E-state index contributed by atoms with van der Waals surface area (Å²) in [6, 6.07) is 14.2. The van der Waals surface area contributed by atoms with Crippen molar-refractivity contribution >= 4 is 5.91 Å². The molecule has 3 aromatic rings. The highest BCUT2D eigenvalue weighted by molar-refractivity contribution is 5.84. The number of nitrogens with zero attached hydrogens (tertiary/aromatic N) is 3. The minimum atomic E-state index is -1.84. The number of amides is 1. The Hall–Kier alpha value is -3.02. The minimum absolute atomic E-state index is 0.255. The maximum absolute atomic E-state index is 14.1. The third-order valence-corrected chi connectivity index (χ3v) is 3.33. The fourth-order valence-electron chi connectivity index (χ4n) is 2.30. The van der Waals surface area contributed by atoms with Gasteiger partial charge in [0.15, 0.2) is 0 Å². The third kappa shape index (κ3) is 2.58. The topological polar surface area (TPSA) is 73.8 Å². The number of carbonyl (C=O) groups is 1. The predicted octanol–water partition coefficient (Wildman–Crippen LogP) is 2.43. The van der Waals surface area contributed by atoms with E-state index in [0.29, 0.717) is 5.56 Å². The Morgan fingerprint density at radius 3 is 2.73 bits per heavy atom. The first-order valence-electron chi connectivity index (χ1n) is 6.66. The smallest absolute Gasteiger partial charge is 0.256 e. The Balaban J connectivity index is 2.09. The SMILES string of the molecule is NC(=O)C(F)c1ccccc1-c1cccc(-n2ccnn2)c1. The van der Waals surface area contributed by atoms with Gasteiger partial charge in [-0.15, -0.1) is 5.10 Å². The van der Waals surface area contributed by atoms with Crippen LogP contribution in [0.5, 0.6) is 0 Å². The van der Waals surface area contributed by atoms with Gasteiger partial charge in [-0.25, -0.2) is 9.07 Å². The van der Waals surface area contributed by atoms with E-state index in [1.54, 1.807) is 41.3 Å². The molecule has 22 heavy (non-hydrogen) atoms. The standard InChI is InChI=1S/C16H13FN4O/c17-15(16(18)22)14-7-2-1-6-13(14)11-4-3-5-12(10-11)21-9-8-19-20-21/h1-10,15H,(H2,18,22). The van der Waals surface area contributed by atoms with Gasteiger partial charge in [-0.3, -0.25) is 4.79 Å². The van der Waals surface area contributed by atoms with Crippen molar-refractivity contribution < 1.29 is 9.18 Å². The molecule has 2 N–H and O–H groups in total. The number of aromatic nitrogens is 3. The fourth-order valence-corrected chi connectivity index (χ4v) is 2.30. The van der Waals surface area contributed by atoms with Crippen molar-refractivity contribution in [1.82, 2.24) is 15.0 Å². The maximum Gasteiger partial charge on any atom is 0.256 e. The normalized spacial score (nSPS) is 12.0. The van der Waals surface area contributed by atoms with Crippen molar-refractivity contribution in [3.63, 3.8) is 0 Å². The summed E-state index contributed by atoms with van der Waals surface area (Å²) < 4.78 is 15.7. The lowest BCUT2D eigenvalue weighted by Crippen LogP contribution is -2.18. The molecular weight excluding hydrogens is 283 g/mol. The van der Waals surface area contributed by atoms with Crippen molar-refractivity contribution in [2.75, 3.05) is 0 Å². The first-order valence-corrected chi connectivity index (χ1v) is 6.66. The van der Waals surface area contributed by atoms with E-state index in [2.05, 4.69) is 10.3 Å². The molecule has 110 valence electrons. The van der Waals surface area contributed by atoms with Crippen molar-refractivity contribution in [1.29, 1.82) is 0 Å². The zero-order valence-corrected chi connectivity index (χ0v) is 11.6. The lowest BCUT2D eigenvalue weighted by Gasteiger charge is -2.12. The maximum atomic E-state index is 14.1. The Morgan fingerprint density at radius 2 is 2.00 bits per heavy atom. The Labute approximate surface area is 126 Å². The zero-order chi connectivity index (χ0) is 15.5. The van der Waals surface area contributed by atoms with Crippen LogP contribution in [0.1, 0.15) is 11.7 Å². The highest BCUT2D eigenvalue weighted by Gasteiger charge is 2.20. The van der Waals surface area contributed by atoms with Gasteiger partial charge in [0.2, 0.25) is 6.17 Å². The van der Waals surface area contributed by atoms with Crippen molar-refractivity contribution in [2.24, 2.45) is 5.73 Å². The second kappa shape index (κ2) is 5.77. The van der Waals surface area contributed by atoms with Gasteiger partial charge in [0.25, 0.3) is 5.91 Å². The minimum Gasteiger partial charge on any atom is -0.367 e. The molecule has 5 nitrogen and oxygen atoms in total. The van der Waals surface area contributed by atoms with E-state index in [9.17, 15) is 9.18 Å². The quantitative estimate of drug-likeness (QED) is 0.803. The van der Waals surface area contributed by atoms with Gasteiger partial charge >= 0.3 is 0 Å². The molecule has 1 atom stereocenters. The summed E-state index contributed by atoms with van der Waals surface area (Å²) in [5, 5.41) is 7.69. The van der Waals surface area contributed by atoms with E-state index in [1.807, 2.05) is 24.3 Å². The van der Waals surface area contributed by atoms with E-state index in [4.69, 9.17) is 5.73 Å². The molecule has 2 aromatic carbocycles. The molecule has 1 aromatic heterocycles. The number of carbonyl (C=O) groups excluding carboxylic acids is 1. The van der Waals surface area contributed by atoms with Crippen LogP contribution in [0.3, 0.4) is 0 Å². The average molecular weight is 296 g/mol. The van der Waals surface area contributed by atoms with Crippen LogP contribution >= 0.6 is 0 Å². The van der Waals surface area contributed by atoms with Crippen LogP contribution in [0, 0.1) is 0 Å². The number of rotatable bonds is 4. The van der Waals surface area contributed by atoms with E-state index in [1.165, 1.54) is 0 Å². The molecular formula is C16H13FN4O. The van der Waals surface area contributed by atoms with E-state index in [-0.39, 0.29) is 5.56 Å². The first-order chi connectivity index (χ1) is 10.7. The van der Waals surface area contributed by atoms with Crippen LogP contribution in [-0.4, -0.2) is 20.9 Å². The number of hydrogen-bond donors (Lipinski definition) is 1. The molecule has 0 aliphatic carbocycles. The summed E-state index contributed by atoms with van der Waals surface area (Å²) in [5.74, 6) is -1.00. The van der Waals surface area contributed by atoms with Crippen molar-refractivity contribution in [2.45, 2.75) is 6.17 Å². The number of nitrogens with two attached hydrogens (primary N) is 1. The van der Waals surface area contributed by atoms with Gasteiger partial charge < -0.3 is 5.73 Å². The summed E-state index contributed by atoms with van der Waals surface area (Å²) >= 11 is 0. The van der Waals surface area contributed by atoms with Crippen molar-refractivity contribution in [3.05, 3.63) is 66.5 Å². The predicted molar refractivity (Wildman–Crippen MR) is 79.8 cm³/mol. The highest BCUT2D eigenvalue weighted by atomic mass is 19.1. The van der Waals surface area contributed by atoms with Gasteiger partial charge in [-0.1, -0.05) is 41.6 Å². The van der Waals surface area contributed by atoms with Gasteiger partial charge in [-0.2, -0.15) is 0 Å². The fraction of sp³-hybridized carbons (Fsp3) is 0.0625. The molecule has 0 radical (unpaired) electrons. The molecule has 3 rings (SSSR count). The summed E-state index contributed by atoms with van der Waals surface area (Å²) in [4.78, 5) is 11.2. The average Bonchev–Trinajstić information content (AvgIpc) is 3.09.